The van der Waals surface area contributed by atoms with Crippen LogP contribution in [0, 0.1) is 17.8 Å². The third kappa shape index (κ3) is 6.97. The Balaban J connectivity index is 1.28. The molecule has 1 saturated carbocycles. The number of ether oxygens (including phenoxy) is 1. The largest absolute Gasteiger partial charge is 0.490 e. The van der Waals surface area contributed by atoms with Gasteiger partial charge in [-0.1, -0.05) is 31.0 Å². The third-order valence-electron chi connectivity index (χ3n) is 12.8. The lowest BCUT2D eigenvalue weighted by Gasteiger charge is -2.52. The van der Waals surface area contributed by atoms with Gasteiger partial charge in [0.15, 0.2) is 0 Å². The van der Waals surface area contributed by atoms with Gasteiger partial charge < -0.3 is 19.6 Å². The van der Waals surface area contributed by atoms with Gasteiger partial charge in [-0.25, -0.2) is 13.1 Å². The number of aryl methyl sites for hydroxylation is 1. The minimum absolute atomic E-state index is 0.129. The number of likely N-dealkylation sites (N-methyl/N-ethyl adjacent to an activating group) is 1. The molecule has 2 aliphatic carbocycles. The standard InChI is InChI=1S/C38H53ClN4O5S/c1-26-6-4-15-38(45,24-42-18-16-41(3)17-19-42)33-11-8-30(33)22-43-23-37(14-5-7-28-20-31(39)10-12-32(28)37)25-48-35-13-9-29(21-34(35)43)36(44)40-49(46,47)27(26)2/h9-10,12-13,20-21,26-27,30,33,45H,4-8,11,14-19,22-25H2,1-3H3,(H,40,44)/t26-,27+,30-,33+,37-,38+/m0/s1. The number of aliphatic hydroxyl groups is 1. The fourth-order valence-electron chi connectivity index (χ4n) is 9.36. The van der Waals surface area contributed by atoms with E-state index in [-0.39, 0.29) is 23.2 Å². The van der Waals surface area contributed by atoms with Crippen molar-refractivity contribution in [2.24, 2.45) is 17.8 Å². The Morgan fingerprint density at radius 2 is 1.82 bits per heavy atom. The highest BCUT2D eigenvalue weighted by Gasteiger charge is 2.49. The zero-order chi connectivity index (χ0) is 34.6. The summed E-state index contributed by atoms with van der Waals surface area (Å²) < 4.78 is 36.0. The number of amides is 1. The number of benzene rings is 2. The van der Waals surface area contributed by atoms with Crippen molar-refractivity contribution in [3.8, 4) is 5.75 Å². The maximum atomic E-state index is 13.6. The Hall–Kier alpha value is -2.37. The van der Waals surface area contributed by atoms with Crippen LogP contribution in [0.1, 0.15) is 80.3 Å². The third-order valence-corrected chi connectivity index (χ3v) is 14.9. The summed E-state index contributed by atoms with van der Waals surface area (Å²) in [6.45, 7) is 10.1. The number of nitrogens with one attached hydrogen (secondary N) is 1. The molecule has 3 aliphatic heterocycles. The minimum Gasteiger partial charge on any atom is -0.490 e. The SMILES string of the molecule is C[C@@H]1[C@@H](C)CCC[C@@](O)(CN2CCN(C)CC2)[C@@H]2CC[C@H]2CN2C[C@@]3(CCCc4cc(Cl)ccc43)COc3ccc(cc32)C(=O)NS1(=O)=O. The van der Waals surface area contributed by atoms with Crippen LogP contribution in [0.5, 0.6) is 5.75 Å². The molecule has 3 heterocycles. The summed E-state index contributed by atoms with van der Waals surface area (Å²) in [4.78, 5) is 20.7. The summed E-state index contributed by atoms with van der Waals surface area (Å²) in [5.41, 5.74) is 2.50. The number of piperazine rings is 1. The summed E-state index contributed by atoms with van der Waals surface area (Å²) >= 11 is 6.47. The van der Waals surface area contributed by atoms with E-state index < -0.39 is 26.8 Å². The van der Waals surface area contributed by atoms with E-state index in [0.29, 0.717) is 43.9 Å². The maximum Gasteiger partial charge on any atom is 0.264 e. The van der Waals surface area contributed by atoms with E-state index in [0.717, 1.165) is 82.0 Å². The Labute approximate surface area is 297 Å². The number of rotatable bonds is 2. The second-order valence-corrected chi connectivity index (χ2v) is 18.4. The van der Waals surface area contributed by atoms with Crippen LogP contribution in [0.3, 0.4) is 0 Å². The Morgan fingerprint density at radius 1 is 1.02 bits per heavy atom. The fourth-order valence-corrected chi connectivity index (χ4v) is 10.9. The first-order chi connectivity index (χ1) is 23.4. The van der Waals surface area contributed by atoms with Crippen molar-refractivity contribution in [1.29, 1.82) is 0 Å². The van der Waals surface area contributed by atoms with E-state index in [4.69, 9.17) is 16.3 Å². The van der Waals surface area contributed by atoms with Crippen LogP contribution >= 0.6 is 11.6 Å². The van der Waals surface area contributed by atoms with E-state index in [2.05, 4.69) is 38.6 Å². The van der Waals surface area contributed by atoms with Crippen molar-refractivity contribution < 1.29 is 23.1 Å². The van der Waals surface area contributed by atoms with Crippen LogP contribution in [-0.4, -0.2) is 99.6 Å². The topological polar surface area (TPSA) is 102 Å². The number of anilines is 1. The number of nitrogens with zero attached hydrogens (tertiary/aromatic N) is 3. The molecule has 2 bridgehead atoms. The van der Waals surface area contributed by atoms with E-state index in [1.54, 1.807) is 13.0 Å². The number of halogens is 1. The molecule has 5 aliphatic rings. The Morgan fingerprint density at radius 3 is 2.57 bits per heavy atom. The molecule has 2 N–H and O–H groups in total. The quantitative estimate of drug-likeness (QED) is 0.445. The summed E-state index contributed by atoms with van der Waals surface area (Å²) in [5.74, 6) is 0.307. The van der Waals surface area contributed by atoms with E-state index in [1.807, 2.05) is 25.1 Å². The number of carbonyl (C=O) groups excluding carboxylic acids is 1. The first kappa shape index (κ1) is 35.1. The first-order valence-electron chi connectivity index (χ1n) is 18.4. The van der Waals surface area contributed by atoms with Crippen molar-refractivity contribution in [3.05, 3.63) is 58.1 Å². The lowest BCUT2D eigenvalue weighted by Crippen LogP contribution is -2.58. The molecule has 268 valence electrons. The number of hydrogen-bond donors (Lipinski definition) is 2. The van der Waals surface area contributed by atoms with Crippen molar-refractivity contribution in [3.63, 3.8) is 0 Å². The van der Waals surface area contributed by atoms with Gasteiger partial charge in [0, 0.05) is 61.8 Å². The molecule has 1 saturated heterocycles. The lowest BCUT2D eigenvalue weighted by molar-refractivity contribution is -0.109. The molecule has 6 atom stereocenters. The lowest BCUT2D eigenvalue weighted by atomic mass is 9.62. The number of fused-ring (bicyclic) bond motifs is 4. The van der Waals surface area contributed by atoms with E-state index >= 15 is 0 Å². The molecule has 7 rings (SSSR count). The highest BCUT2D eigenvalue weighted by atomic mass is 35.5. The fraction of sp³-hybridized carbons (Fsp3) is 0.658. The van der Waals surface area contributed by atoms with Crippen LogP contribution in [0.2, 0.25) is 5.02 Å². The summed E-state index contributed by atoms with van der Waals surface area (Å²) in [5, 5.41) is 12.7. The molecular weight excluding hydrogens is 660 g/mol. The molecule has 1 amide bonds. The Bertz CT molecular complexity index is 1670. The average Bonchev–Trinajstić information content (AvgIpc) is 3.19. The molecule has 0 radical (unpaired) electrons. The van der Waals surface area contributed by atoms with E-state index in [9.17, 15) is 18.3 Å². The van der Waals surface area contributed by atoms with Gasteiger partial charge in [0.1, 0.15) is 5.75 Å². The number of β-amino-alcohol motifs (C(OH)–C–C–N with tert-alkyl or cyclic N) is 1. The highest BCUT2D eigenvalue weighted by Crippen LogP contribution is 2.49. The predicted molar refractivity (Wildman–Crippen MR) is 194 cm³/mol. The van der Waals surface area contributed by atoms with Gasteiger partial charge in [-0.2, -0.15) is 0 Å². The van der Waals surface area contributed by atoms with Crippen molar-refractivity contribution in [1.82, 2.24) is 14.5 Å². The molecule has 0 unspecified atom stereocenters. The van der Waals surface area contributed by atoms with E-state index in [1.165, 1.54) is 11.1 Å². The molecule has 0 aromatic heterocycles. The summed E-state index contributed by atoms with van der Waals surface area (Å²) in [7, 11) is -1.78. The van der Waals surface area contributed by atoms with Crippen LogP contribution < -0.4 is 14.4 Å². The van der Waals surface area contributed by atoms with Crippen LogP contribution in [0.25, 0.3) is 0 Å². The summed E-state index contributed by atoms with van der Waals surface area (Å²) in [6.07, 6.45) is 7.00. The first-order valence-corrected chi connectivity index (χ1v) is 20.3. The zero-order valence-electron chi connectivity index (χ0n) is 29.3. The van der Waals surface area contributed by atoms with Gasteiger partial charge in [0.2, 0.25) is 10.0 Å². The maximum absolute atomic E-state index is 13.6. The normalized spacial score (nSPS) is 34.1. The molecular formula is C38H53ClN4O5S. The van der Waals surface area contributed by atoms with Crippen LogP contribution in [0.4, 0.5) is 5.69 Å². The summed E-state index contributed by atoms with van der Waals surface area (Å²) in [6, 6.07) is 11.5. The zero-order valence-corrected chi connectivity index (χ0v) is 30.9. The van der Waals surface area contributed by atoms with Gasteiger partial charge in [-0.05, 0) is 118 Å². The second-order valence-electron chi connectivity index (χ2n) is 16.0. The van der Waals surface area contributed by atoms with Crippen LogP contribution in [0.15, 0.2) is 36.4 Å². The van der Waals surface area contributed by atoms with Gasteiger partial charge in [-0.3, -0.25) is 9.69 Å². The predicted octanol–water partition coefficient (Wildman–Crippen LogP) is 5.09. The van der Waals surface area contributed by atoms with Crippen molar-refractivity contribution in [2.45, 2.75) is 81.5 Å². The van der Waals surface area contributed by atoms with Gasteiger partial charge in [0.05, 0.1) is 23.1 Å². The van der Waals surface area contributed by atoms with Crippen molar-refractivity contribution in [2.75, 3.05) is 64.4 Å². The molecule has 9 nitrogen and oxygen atoms in total. The van der Waals surface area contributed by atoms with Gasteiger partial charge in [-0.15, -0.1) is 0 Å². The average molecular weight is 713 g/mol. The van der Waals surface area contributed by atoms with Gasteiger partial charge >= 0.3 is 0 Å². The van der Waals surface area contributed by atoms with Crippen molar-refractivity contribution >= 4 is 33.2 Å². The van der Waals surface area contributed by atoms with Gasteiger partial charge in [0.25, 0.3) is 5.91 Å². The highest BCUT2D eigenvalue weighted by molar-refractivity contribution is 7.90. The number of sulfonamides is 1. The molecule has 2 fully saturated rings. The molecule has 11 heteroatoms. The monoisotopic (exact) mass is 712 g/mol. The number of hydrogen-bond acceptors (Lipinski definition) is 8. The Kier molecular flexibility index (Phi) is 9.76. The molecule has 1 spiro atoms. The molecule has 2 aromatic rings. The molecule has 49 heavy (non-hydrogen) atoms. The smallest absolute Gasteiger partial charge is 0.264 e. The molecule has 2 aromatic carbocycles. The second kappa shape index (κ2) is 13.6. The van der Waals surface area contributed by atoms with Crippen LogP contribution in [-0.2, 0) is 21.9 Å². The minimum atomic E-state index is -3.93. The number of carbonyl (C=O) groups is 1.